The molecule has 1 aliphatic carbocycles. The Bertz CT molecular complexity index is 1170. The van der Waals surface area contributed by atoms with Gasteiger partial charge in [-0.3, -0.25) is 0 Å². The van der Waals surface area contributed by atoms with Crippen molar-refractivity contribution in [1.29, 1.82) is 0 Å². The molecule has 3 aromatic rings. The van der Waals surface area contributed by atoms with Crippen LogP contribution in [0.2, 0.25) is 0 Å². The first-order valence-corrected chi connectivity index (χ1v) is 15.2. The van der Waals surface area contributed by atoms with Crippen LogP contribution in [0, 0.1) is 16.4 Å². The Balaban J connectivity index is 1.42. The van der Waals surface area contributed by atoms with Gasteiger partial charge in [0, 0.05) is 10.8 Å². The zero-order valence-corrected chi connectivity index (χ0v) is 23.4. The molecule has 196 valence electrons. The molecule has 1 nitrogen and oxygen atoms in total. The number of aryl methyl sites for hydroxylation is 1. The highest BCUT2D eigenvalue weighted by atomic mass is 32.1. The number of hydrogen-bond donors (Lipinski definition) is 0. The summed E-state index contributed by atoms with van der Waals surface area (Å²) >= 11 is 5.64. The monoisotopic (exact) mass is 508 g/mol. The van der Waals surface area contributed by atoms with Crippen LogP contribution in [-0.4, -0.2) is 0 Å². The molecule has 0 N–H and O–H groups in total. The summed E-state index contributed by atoms with van der Waals surface area (Å²) in [6.45, 7) is 4.48. The lowest BCUT2D eigenvalue weighted by Crippen LogP contribution is -2.13. The van der Waals surface area contributed by atoms with E-state index in [9.17, 15) is 0 Å². The Morgan fingerprint density at radius 1 is 0.778 bits per heavy atom. The fourth-order valence-corrected chi connectivity index (χ4v) is 6.46. The molecule has 4 rings (SSSR count). The molecular formula is C33H45FOS. The van der Waals surface area contributed by atoms with Crippen molar-refractivity contribution in [2.45, 2.75) is 122 Å². The van der Waals surface area contributed by atoms with Crippen LogP contribution in [-0.2, 0) is 6.42 Å². The minimum atomic E-state index is -0.232. The zero-order chi connectivity index (χ0) is 25.3. The van der Waals surface area contributed by atoms with Crippen LogP contribution in [0.5, 0.6) is 0 Å². The molecule has 0 unspecified atom stereocenters. The van der Waals surface area contributed by atoms with E-state index in [1.165, 1.54) is 89.0 Å². The summed E-state index contributed by atoms with van der Waals surface area (Å²) in [4.78, 5) is 0. The third-order valence-corrected chi connectivity index (χ3v) is 8.81. The van der Waals surface area contributed by atoms with Crippen molar-refractivity contribution in [3.05, 3.63) is 52.0 Å². The first kappa shape index (κ1) is 27.3. The second-order valence-electron chi connectivity index (χ2n) is 11.2. The standard InChI is InChI=1S/C33H45FOS/c1-3-5-7-9-10-11-13-24-15-17-25(18-16-24)27-20-21-28-29-22-19-26(14-12-8-6-4-2)31(34)32(29)35-33(36)30(28)23-27/h19-25H,3-18H2,1-2H3. The first-order chi connectivity index (χ1) is 17.6. The molecular weight excluding hydrogens is 463 g/mol. The molecule has 3 heteroatoms. The number of rotatable bonds is 13. The minimum absolute atomic E-state index is 0.232. The Morgan fingerprint density at radius 3 is 2.19 bits per heavy atom. The third-order valence-electron chi connectivity index (χ3n) is 8.51. The lowest BCUT2D eigenvalue weighted by molar-refractivity contribution is 0.302. The molecule has 0 radical (unpaired) electrons. The summed E-state index contributed by atoms with van der Waals surface area (Å²) in [6, 6.07) is 10.6. The van der Waals surface area contributed by atoms with Gasteiger partial charge in [0.15, 0.2) is 16.1 Å². The van der Waals surface area contributed by atoms with E-state index in [1.54, 1.807) is 0 Å². The van der Waals surface area contributed by atoms with Crippen molar-refractivity contribution in [2.24, 2.45) is 5.92 Å². The Hall–Kier alpha value is -1.74. The molecule has 1 fully saturated rings. The second-order valence-corrected chi connectivity index (χ2v) is 11.6. The molecule has 0 bridgehead atoms. The maximum absolute atomic E-state index is 15.3. The Kier molecular flexibility index (Phi) is 10.4. The number of halogens is 1. The molecule has 1 aliphatic rings. The Labute approximate surface area is 222 Å². The van der Waals surface area contributed by atoms with E-state index >= 15 is 4.39 Å². The molecule has 1 heterocycles. The quantitative estimate of drug-likeness (QED) is 0.129. The predicted molar refractivity (Wildman–Crippen MR) is 155 cm³/mol. The summed E-state index contributed by atoms with van der Waals surface area (Å²) in [5.41, 5.74) is 2.43. The fraction of sp³-hybridized carbons (Fsp3) is 0.606. The smallest absolute Gasteiger partial charge is 0.198 e. The molecule has 0 atom stereocenters. The number of benzene rings is 2. The Morgan fingerprint density at radius 2 is 1.44 bits per heavy atom. The van der Waals surface area contributed by atoms with Gasteiger partial charge >= 0.3 is 0 Å². The molecule has 1 saturated carbocycles. The molecule has 0 saturated heterocycles. The molecule has 0 amide bonds. The van der Waals surface area contributed by atoms with Crippen molar-refractivity contribution >= 4 is 34.0 Å². The van der Waals surface area contributed by atoms with E-state index in [0.29, 0.717) is 16.2 Å². The summed E-state index contributed by atoms with van der Waals surface area (Å²) in [5, 5.41) is 2.81. The van der Waals surface area contributed by atoms with Gasteiger partial charge in [-0.15, -0.1) is 0 Å². The van der Waals surface area contributed by atoms with E-state index in [1.807, 2.05) is 12.1 Å². The zero-order valence-electron chi connectivity index (χ0n) is 22.5. The fourth-order valence-electron chi connectivity index (χ4n) is 6.21. The van der Waals surface area contributed by atoms with Gasteiger partial charge in [0.25, 0.3) is 0 Å². The van der Waals surface area contributed by atoms with Gasteiger partial charge in [0.2, 0.25) is 0 Å². The maximum Gasteiger partial charge on any atom is 0.198 e. The van der Waals surface area contributed by atoms with E-state index in [-0.39, 0.29) is 5.82 Å². The van der Waals surface area contributed by atoms with Crippen molar-refractivity contribution in [3.63, 3.8) is 0 Å². The van der Waals surface area contributed by atoms with Gasteiger partial charge < -0.3 is 4.42 Å². The van der Waals surface area contributed by atoms with E-state index in [4.69, 9.17) is 16.6 Å². The normalized spacial score (nSPS) is 18.3. The largest absolute Gasteiger partial charge is 0.441 e. The van der Waals surface area contributed by atoms with Crippen molar-refractivity contribution in [3.8, 4) is 0 Å². The van der Waals surface area contributed by atoms with Gasteiger partial charge in [0.05, 0.1) is 0 Å². The lowest BCUT2D eigenvalue weighted by atomic mass is 9.76. The van der Waals surface area contributed by atoms with Crippen LogP contribution in [0.1, 0.15) is 127 Å². The highest BCUT2D eigenvalue weighted by molar-refractivity contribution is 7.71. The first-order valence-electron chi connectivity index (χ1n) is 14.8. The SMILES string of the molecule is CCCCCCCCC1CCC(c2ccc3c(c2)c(=S)oc2c(F)c(CCCCCC)ccc23)CC1. The topological polar surface area (TPSA) is 13.1 Å². The van der Waals surface area contributed by atoms with Gasteiger partial charge in [-0.05, 0) is 85.2 Å². The third kappa shape index (κ3) is 6.77. The molecule has 0 aliphatic heterocycles. The van der Waals surface area contributed by atoms with Gasteiger partial charge in [0.1, 0.15) is 0 Å². The van der Waals surface area contributed by atoms with Gasteiger partial charge in [-0.2, -0.15) is 0 Å². The van der Waals surface area contributed by atoms with E-state index in [2.05, 4.69) is 32.0 Å². The van der Waals surface area contributed by atoms with E-state index in [0.717, 1.165) is 46.9 Å². The van der Waals surface area contributed by atoms with E-state index < -0.39 is 0 Å². The molecule has 0 spiro atoms. The predicted octanol–water partition coefficient (Wildman–Crippen LogP) is 11.6. The molecule has 36 heavy (non-hydrogen) atoms. The molecule has 1 aromatic heterocycles. The maximum atomic E-state index is 15.3. The summed E-state index contributed by atoms with van der Waals surface area (Å²) in [7, 11) is 0. The number of fused-ring (bicyclic) bond motifs is 3. The average molecular weight is 509 g/mol. The lowest BCUT2D eigenvalue weighted by Gasteiger charge is -2.29. The van der Waals surface area contributed by atoms with Gasteiger partial charge in [-0.25, -0.2) is 4.39 Å². The van der Waals surface area contributed by atoms with Crippen LogP contribution in [0.3, 0.4) is 0 Å². The van der Waals surface area contributed by atoms with Crippen LogP contribution in [0.25, 0.3) is 21.7 Å². The van der Waals surface area contributed by atoms with Crippen molar-refractivity contribution < 1.29 is 8.81 Å². The van der Waals surface area contributed by atoms with Crippen molar-refractivity contribution in [1.82, 2.24) is 0 Å². The second kappa shape index (κ2) is 13.7. The summed E-state index contributed by atoms with van der Waals surface area (Å²) in [5.74, 6) is 1.27. The average Bonchev–Trinajstić information content (AvgIpc) is 2.90. The summed E-state index contributed by atoms with van der Waals surface area (Å²) < 4.78 is 21.7. The van der Waals surface area contributed by atoms with Crippen LogP contribution >= 0.6 is 12.2 Å². The highest BCUT2D eigenvalue weighted by Crippen LogP contribution is 2.40. The van der Waals surface area contributed by atoms with Crippen LogP contribution in [0.15, 0.2) is 34.7 Å². The van der Waals surface area contributed by atoms with Crippen LogP contribution < -0.4 is 0 Å². The van der Waals surface area contributed by atoms with Crippen molar-refractivity contribution in [2.75, 3.05) is 0 Å². The molecule has 2 aromatic carbocycles. The van der Waals surface area contributed by atoms with Crippen LogP contribution in [0.4, 0.5) is 4.39 Å². The minimum Gasteiger partial charge on any atom is -0.441 e. The van der Waals surface area contributed by atoms with Gasteiger partial charge in [-0.1, -0.05) is 102 Å². The number of hydrogen-bond acceptors (Lipinski definition) is 2. The number of unbranched alkanes of at least 4 members (excludes halogenated alkanes) is 8. The highest BCUT2D eigenvalue weighted by Gasteiger charge is 2.23. The summed E-state index contributed by atoms with van der Waals surface area (Å²) in [6.07, 6.45) is 20.2.